The first kappa shape index (κ1) is 12.8. The lowest BCUT2D eigenvalue weighted by atomic mass is 10.0. The molecule has 0 atom stereocenters. The van der Waals surface area contributed by atoms with Crippen molar-refractivity contribution in [2.24, 2.45) is 0 Å². The molecule has 0 unspecified atom stereocenters. The second kappa shape index (κ2) is 5.04. The smallest absolute Gasteiger partial charge is 0.280 e. The number of hydrogen-bond donors (Lipinski definition) is 1. The summed E-state index contributed by atoms with van der Waals surface area (Å²) in [5.41, 5.74) is 7.05. The fourth-order valence-electron chi connectivity index (χ4n) is 2.07. The van der Waals surface area contributed by atoms with Crippen molar-refractivity contribution in [2.75, 3.05) is 5.73 Å². The van der Waals surface area contributed by atoms with E-state index in [4.69, 9.17) is 10.3 Å². The van der Waals surface area contributed by atoms with Crippen LogP contribution in [-0.2, 0) is 0 Å². The number of nitrogens with zero attached hydrogens (tertiary/aromatic N) is 3. The first-order chi connectivity index (χ1) is 10.2. The van der Waals surface area contributed by atoms with Gasteiger partial charge in [-0.05, 0) is 18.2 Å². The van der Waals surface area contributed by atoms with Crippen LogP contribution in [0.15, 0.2) is 53.2 Å². The van der Waals surface area contributed by atoms with Gasteiger partial charge in [-0.25, -0.2) is 0 Å². The van der Waals surface area contributed by atoms with E-state index in [0.717, 1.165) is 0 Å². The Morgan fingerprint density at radius 1 is 1.14 bits per heavy atom. The maximum Gasteiger partial charge on any atom is 0.280 e. The van der Waals surface area contributed by atoms with Gasteiger partial charge >= 0.3 is 0 Å². The highest BCUT2D eigenvalue weighted by atomic mass is 16.6. The van der Waals surface area contributed by atoms with Crippen molar-refractivity contribution in [2.45, 2.75) is 0 Å². The van der Waals surface area contributed by atoms with Crippen LogP contribution in [0.25, 0.3) is 22.6 Å². The molecule has 21 heavy (non-hydrogen) atoms. The van der Waals surface area contributed by atoms with Crippen LogP contribution in [-0.4, -0.2) is 15.1 Å². The summed E-state index contributed by atoms with van der Waals surface area (Å²) in [6.07, 6.45) is 1.60. The Bertz CT molecular complexity index is 799. The molecule has 0 radical (unpaired) electrons. The molecule has 2 aromatic heterocycles. The van der Waals surface area contributed by atoms with Crippen LogP contribution >= 0.6 is 0 Å². The summed E-state index contributed by atoms with van der Waals surface area (Å²) < 4.78 is 5.21. The van der Waals surface area contributed by atoms with Crippen molar-refractivity contribution in [3.8, 4) is 22.6 Å². The normalized spacial score (nSPS) is 10.5. The van der Waals surface area contributed by atoms with Crippen LogP contribution < -0.4 is 5.73 Å². The Balaban J connectivity index is 2.25. The van der Waals surface area contributed by atoms with Gasteiger partial charge in [0.1, 0.15) is 0 Å². The predicted octanol–water partition coefficient (Wildman–Crippen LogP) is 2.89. The number of benzene rings is 1. The third kappa shape index (κ3) is 2.20. The van der Waals surface area contributed by atoms with Gasteiger partial charge in [0.15, 0.2) is 11.6 Å². The third-order valence-electron chi connectivity index (χ3n) is 2.98. The molecule has 7 nitrogen and oxygen atoms in total. The van der Waals surface area contributed by atoms with Crippen molar-refractivity contribution < 1.29 is 9.45 Å². The van der Waals surface area contributed by atoms with Gasteiger partial charge in [0.25, 0.3) is 5.69 Å². The number of para-hydroxylation sites is 1. The predicted molar refractivity (Wildman–Crippen MR) is 76.2 cm³/mol. The van der Waals surface area contributed by atoms with Gasteiger partial charge in [0.2, 0.25) is 0 Å². The minimum absolute atomic E-state index is 0.0779. The largest absolute Gasteiger partial charge is 0.380 e. The summed E-state index contributed by atoms with van der Waals surface area (Å²) in [7, 11) is 0. The van der Waals surface area contributed by atoms with Crippen molar-refractivity contribution in [3.05, 3.63) is 58.8 Å². The summed E-state index contributed by atoms with van der Waals surface area (Å²) in [4.78, 5) is 14.9. The molecule has 0 bridgehead atoms. The van der Waals surface area contributed by atoms with E-state index in [0.29, 0.717) is 16.8 Å². The summed E-state index contributed by atoms with van der Waals surface area (Å²) in [5.74, 6) is 0.375. The Morgan fingerprint density at radius 2 is 1.90 bits per heavy atom. The number of nitrogens with two attached hydrogens (primary N) is 1. The monoisotopic (exact) mass is 282 g/mol. The lowest BCUT2D eigenvalue weighted by Crippen LogP contribution is -1.94. The van der Waals surface area contributed by atoms with Crippen LogP contribution in [0.5, 0.6) is 0 Å². The van der Waals surface area contributed by atoms with Gasteiger partial charge in [-0.1, -0.05) is 23.4 Å². The Labute approximate surface area is 119 Å². The first-order valence-electron chi connectivity index (χ1n) is 6.09. The maximum atomic E-state index is 11.1. The van der Waals surface area contributed by atoms with Crippen LogP contribution in [0, 0.1) is 10.1 Å². The Morgan fingerprint density at radius 3 is 2.62 bits per heavy atom. The van der Waals surface area contributed by atoms with Gasteiger partial charge in [0.05, 0.1) is 21.7 Å². The number of anilines is 1. The highest BCUT2D eigenvalue weighted by molar-refractivity contribution is 5.87. The minimum Gasteiger partial charge on any atom is -0.380 e. The molecule has 2 heterocycles. The van der Waals surface area contributed by atoms with E-state index in [-0.39, 0.29) is 17.3 Å². The molecule has 0 spiro atoms. The Hall–Kier alpha value is -3.22. The standard InChI is InChI=1S/C14H10N4O3/c15-14-12(10-6-3-4-8-16-10)13(21-17-14)9-5-1-2-7-11(9)18(19)20/h1-8H,(H2,15,17). The van der Waals surface area contributed by atoms with Gasteiger partial charge in [-0.3, -0.25) is 15.1 Å². The molecule has 3 aromatic rings. The van der Waals surface area contributed by atoms with Crippen molar-refractivity contribution in [3.63, 3.8) is 0 Å². The van der Waals surface area contributed by atoms with E-state index in [9.17, 15) is 10.1 Å². The van der Waals surface area contributed by atoms with E-state index < -0.39 is 4.92 Å². The van der Waals surface area contributed by atoms with Crippen LogP contribution in [0.3, 0.4) is 0 Å². The number of nitro benzene ring substituents is 1. The fraction of sp³-hybridized carbons (Fsp3) is 0. The average Bonchev–Trinajstić information content (AvgIpc) is 2.89. The van der Waals surface area contributed by atoms with Gasteiger partial charge in [-0.15, -0.1) is 0 Å². The molecular weight excluding hydrogens is 272 g/mol. The second-order valence-electron chi connectivity index (χ2n) is 4.26. The molecule has 0 fully saturated rings. The molecule has 1 aromatic carbocycles. The van der Waals surface area contributed by atoms with E-state index in [2.05, 4.69) is 10.1 Å². The van der Waals surface area contributed by atoms with Gasteiger partial charge in [0, 0.05) is 12.3 Å². The zero-order valence-electron chi connectivity index (χ0n) is 10.8. The zero-order valence-corrected chi connectivity index (χ0v) is 10.8. The van der Waals surface area contributed by atoms with E-state index in [1.807, 2.05) is 0 Å². The van der Waals surface area contributed by atoms with Gasteiger partial charge in [-0.2, -0.15) is 0 Å². The zero-order chi connectivity index (χ0) is 14.8. The number of nitro groups is 1. The lowest BCUT2D eigenvalue weighted by molar-refractivity contribution is -0.384. The molecule has 0 amide bonds. The molecule has 0 saturated carbocycles. The molecule has 0 aliphatic heterocycles. The highest BCUT2D eigenvalue weighted by Crippen LogP contribution is 2.39. The molecule has 3 rings (SSSR count). The summed E-state index contributed by atoms with van der Waals surface area (Å²) in [6, 6.07) is 11.5. The van der Waals surface area contributed by atoms with E-state index in [1.165, 1.54) is 6.07 Å². The van der Waals surface area contributed by atoms with Crippen molar-refractivity contribution >= 4 is 11.5 Å². The highest BCUT2D eigenvalue weighted by Gasteiger charge is 2.24. The maximum absolute atomic E-state index is 11.1. The molecule has 104 valence electrons. The molecule has 2 N–H and O–H groups in total. The molecule has 0 aliphatic rings. The Kier molecular flexibility index (Phi) is 3.07. The number of nitrogen functional groups attached to an aromatic ring is 1. The third-order valence-corrected chi connectivity index (χ3v) is 2.98. The SMILES string of the molecule is Nc1noc(-c2ccccc2[N+](=O)[O-])c1-c1ccccn1. The molecule has 0 aliphatic carbocycles. The first-order valence-corrected chi connectivity index (χ1v) is 6.09. The number of hydrogen-bond acceptors (Lipinski definition) is 6. The lowest BCUT2D eigenvalue weighted by Gasteiger charge is -2.02. The van der Waals surface area contributed by atoms with E-state index in [1.54, 1.807) is 42.6 Å². The van der Waals surface area contributed by atoms with Crippen molar-refractivity contribution in [1.29, 1.82) is 0 Å². The minimum atomic E-state index is -0.476. The molecule has 7 heteroatoms. The molecule has 0 saturated heterocycles. The van der Waals surface area contributed by atoms with E-state index >= 15 is 0 Å². The molecular formula is C14H10N4O3. The number of pyridine rings is 1. The van der Waals surface area contributed by atoms with Crippen LogP contribution in [0.2, 0.25) is 0 Å². The van der Waals surface area contributed by atoms with Gasteiger partial charge < -0.3 is 10.3 Å². The second-order valence-corrected chi connectivity index (χ2v) is 4.26. The summed E-state index contributed by atoms with van der Waals surface area (Å²) >= 11 is 0. The number of rotatable bonds is 3. The average molecular weight is 282 g/mol. The quantitative estimate of drug-likeness (QED) is 0.584. The fourth-order valence-corrected chi connectivity index (χ4v) is 2.07. The number of aromatic nitrogens is 2. The van der Waals surface area contributed by atoms with Crippen LogP contribution in [0.4, 0.5) is 11.5 Å². The summed E-state index contributed by atoms with van der Waals surface area (Å²) in [5, 5.41) is 14.9. The van der Waals surface area contributed by atoms with Crippen molar-refractivity contribution in [1.82, 2.24) is 10.1 Å². The topological polar surface area (TPSA) is 108 Å². The van der Waals surface area contributed by atoms with Crippen LogP contribution in [0.1, 0.15) is 0 Å². The summed E-state index contributed by atoms with van der Waals surface area (Å²) in [6.45, 7) is 0.